The molecule has 0 bridgehead atoms. The smallest absolute Gasteiger partial charge is 0.253 e. The van der Waals surface area contributed by atoms with Crippen LogP contribution in [-0.4, -0.2) is 44.1 Å². The second kappa shape index (κ2) is 6.55. The third-order valence-electron chi connectivity index (χ3n) is 4.79. The average molecular weight is 335 g/mol. The predicted molar refractivity (Wildman–Crippen MR) is 95.2 cm³/mol. The Bertz CT molecular complexity index is 850. The Morgan fingerprint density at radius 2 is 2.12 bits per heavy atom. The molecule has 1 unspecified atom stereocenters. The van der Waals surface area contributed by atoms with E-state index in [1.54, 1.807) is 12.5 Å². The van der Waals surface area contributed by atoms with E-state index in [-0.39, 0.29) is 5.91 Å². The van der Waals surface area contributed by atoms with Crippen LogP contribution in [0, 0.1) is 6.92 Å². The summed E-state index contributed by atoms with van der Waals surface area (Å²) in [5, 5.41) is 7.37. The van der Waals surface area contributed by atoms with Crippen LogP contribution in [0.4, 0.5) is 0 Å². The average Bonchev–Trinajstić information content (AvgIpc) is 3.33. The lowest BCUT2D eigenvalue weighted by Gasteiger charge is -2.32. The zero-order chi connectivity index (χ0) is 17.2. The summed E-state index contributed by atoms with van der Waals surface area (Å²) in [5.74, 6) is 0.403. The monoisotopic (exact) mass is 335 g/mol. The van der Waals surface area contributed by atoms with Gasteiger partial charge >= 0.3 is 0 Å². The molecule has 4 rings (SSSR count). The number of imidazole rings is 1. The van der Waals surface area contributed by atoms with E-state index in [1.165, 1.54) is 0 Å². The van der Waals surface area contributed by atoms with Crippen LogP contribution in [-0.2, 0) is 0 Å². The summed E-state index contributed by atoms with van der Waals surface area (Å²) in [6.07, 6.45) is 5.51. The largest absolute Gasteiger partial charge is 0.345 e. The Morgan fingerprint density at radius 3 is 2.80 bits per heavy atom. The lowest BCUT2D eigenvalue weighted by molar-refractivity contribution is 0.0706. The molecule has 1 aromatic carbocycles. The van der Waals surface area contributed by atoms with Gasteiger partial charge in [0, 0.05) is 30.3 Å². The molecule has 1 fully saturated rings. The molecular weight excluding hydrogens is 314 g/mol. The third-order valence-corrected chi connectivity index (χ3v) is 4.79. The van der Waals surface area contributed by atoms with E-state index in [0.717, 1.165) is 54.1 Å². The third kappa shape index (κ3) is 3.20. The first-order chi connectivity index (χ1) is 12.2. The highest BCUT2D eigenvalue weighted by atomic mass is 16.2. The molecule has 0 radical (unpaired) electrons. The fourth-order valence-corrected chi connectivity index (χ4v) is 3.44. The second-order valence-electron chi connectivity index (χ2n) is 6.61. The van der Waals surface area contributed by atoms with Crippen molar-refractivity contribution in [3.05, 3.63) is 59.8 Å². The summed E-state index contributed by atoms with van der Waals surface area (Å²) < 4.78 is 0. The quantitative estimate of drug-likeness (QED) is 0.772. The molecule has 2 N–H and O–H groups in total. The minimum absolute atomic E-state index is 0.0909. The van der Waals surface area contributed by atoms with Crippen LogP contribution in [0.2, 0.25) is 0 Å². The molecule has 0 aliphatic carbocycles. The predicted octanol–water partition coefficient (Wildman–Crippen LogP) is 3.13. The number of H-pyrrole nitrogens is 2. The number of aryl methyl sites for hydroxylation is 1. The van der Waals surface area contributed by atoms with Gasteiger partial charge in [-0.1, -0.05) is 12.1 Å². The number of amides is 1. The number of piperidine rings is 1. The minimum atomic E-state index is 0.0909. The second-order valence-corrected chi connectivity index (χ2v) is 6.61. The SMILES string of the molecule is Cc1cc(C2CCCN(C(=O)c3ccc(-c4cnc[nH]4)cc3)C2)n[nH]1. The molecule has 0 saturated carbocycles. The van der Waals surface area contributed by atoms with Crippen LogP contribution >= 0.6 is 0 Å². The molecule has 1 atom stereocenters. The van der Waals surface area contributed by atoms with E-state index in [2.05, 4.69) is 26.2 Å². The van der Waals surface area contributed by atoms with Gasteiger partial charge in [-0.25, -0.2) is 4.98 Å². The van der Waals surface area contributed by atoms with E-state index in [1.807, 2.05) is 36.1 Å². The summed E-state index contributed by atoms with van der Waals surface area (Å²) in [5.41, 5.74) is 4.82. The van der Waals surface area contributed by atoms with Crippen LogP contribution in [0.25, 0.3) is 11.3 Å². The lowest BCUT2D eigenvalue weighted by atomic mass is 9.94. The van der Waals surface area contributed by atoms with Gasteiger partial charge < -0.3 is 9.88 Å². The summed E-state index contributed by atoms with van der Waals surface area (Å²) in [6.45, 7) is 3.54. The molecule has 6 heteroatoms. The van der Waals surface area contributed by atoms with E-state index in [4.69, 9.17) is 0 Å². The minimum Gasteiger partial charge on any atom is -0.345 e. The molecule has 6 nitrogen and oxygen atoms in total. The maximum absolute atomic E-state index is 12.9. The Balaban J connectivity index is 1.48. The summed E-state index contributed by atoms with van der Waals surface area (Å²) in [4.78, 5) is 21.9. The van der Waals surface area contributed by atoms with Crippen LogP contribution in [0.5, 0.6) is 0 Å². The van der Waals surface area contributed by atoms with Crippen molar-refractivity contribution in [2.24, 2.45) is 0 Å². The standard InChI is InChI=1S/C19H21N5O/c1-13-9-17(23-22-13)16-3-2-8-24(11-16)19(25)15-6-4-14(5-7-15)18-10-20-12-21-18/h4-7,9-10,12,16H,2-3,8,11H2,1H3,(H,20,21)(H,22,23). The van der Waals surface area contributed by atoms with Crippen molar-refractivity contribution in [1.29, 1.82) is 0 Å². The molecular formula is C19H21N5O. The highest BCUT2D eigenvalue weighted by molar-refractivity contribution is 5.94. The number of aromatic nitrogens is 4. The number of likely N-dealkylation sites (tertiary alicyclic amines) is 1. The van der Waals surface area contributed by atoms with Crippen molar-refractivity contribution in [2.45, 2.75) is 25.7 Å². The van der Waals surface area contributed by atoms with Crippen molar-refractivity contribution in [1.82, 2.24) is 25.1 Å². The zero-order valence-electron chi connectivity index (χ0n) is 14.2. The van der Waals surface area contributed by atoms with Gasteiger partial charge in [-0.3, -0.25) is 9.89 Å². The number of rotatable bonds is 3. The maximum atomic E-state index is 12.9. The molecule has 25 heavy (non-hydrogen) atoms. The van der Waals surface area contributed by atoms with E-state index < -0.39 is 0 Å². The van der Waals surface area contributed by atoms with Crippen LogP contribution in [0.15, 0.2) is 42.9 Å². The number of carbonyl (C=O) groups excluding carboxylic acids is 1. The first-order valence-corrected chi connectivity index (χ1v) is 8.61. The normalized spacial score (nSPS) is 17.6. The van der Waals surface area contributed by atoms with Crippen molar-refractivity contribution in [2.75, 3.05) is 13.1 Å². The molecule has 1 aliphatic heterocycles. The van der Waals surface area contributed by atoms with Gasteiger partial charge in [0.2, 0.25) is 0 Å². The Labute approximate surface area is 146 Å². The maximum Gasteiger partial charge on any atom is 0.253 e. The number of hydrogen-bond acceptors (Lipinski definition) is 3. The molecule has 3 aromatic rings. The first-order valence-electron chi connectivity index (χ1n) is 8.61. The van der Waals surface area contributed by atoms with Gasteiger partial charge in [-0.15, -0.1) is 0 Å². The number of nitrogens with one attached hydrogen (secondary N) is 2. The van der Waals surface area contributed by atoms with E-state index in [9.17, 15) is 4.79 Å². The van der Waals surface area contributed by atoms with Gasteiger partial charge in [-0.05, 0) is 43.5 Å². The summed E-state index contributed by atoms with van der Waals surface area (Å²) >= 11 is 0. The molecule has 1 amide bonds. The first kappa shape index (κ1) is 15.6. The summed E-state index contributed by atoms with van der Waals surface area (Å²) in [6, 6.07) is 9.78. The molecule has 1 saturated heterocycles. The fourth-order valence-electron chi connectivity index (χ4n) is 3.44. The van der Waals surface area contributed by atoms with Crippen molar-refractivity contribution in [3.63, 3.8) is 0 Å². The number of carbonyl (C=O) groups is 1. The lowest BCUT2D eigenvalue weighted by Crippen LogP contribution is -2.39. The Morgan fingerprint density at radius 1 is 1.28 bits per heavy atom. The Kier molecular flexibility index (Phi) is 4.09. The number of aromatic amines is 2. The van der Waals surface area contributed by atoms with E-state index >= 15 is 0 Å². The number of benzene rings is 1. The van der Waals surface area contributed by atoms with Crippen LogP contribution in [0.3, 0.4) is 0 Å². The number of hydrogen-bond donors (Lipinski definition) is 2. The highest BCUT2D eigenvalue weighted by Gasteiger charge is 2.26. The summed E-state index contributed by atoms with van der Waals surface area (Å²) in [7, 11) is 0. The number of nitrogens with zero attached hydrogens (tertiary/aromatic N) is 3. The van der Waals surface area contributed by atoms with Crippen molar-refractivity contribution < 1.29 is 4.79 Å². The molecule has 0 spiro atoms. The van der Waals surface area contributed by atoms with E-state index in [0.29, 0.717) is 5.92 Å². The molecule has 3 heterocycles. The van der Waals surface area contributed by atoms with Crippen molar-refractivity contribution in [3.8, 4) is 11.3 Å². The van der Waals surface area contributed by atoms with Crippen LogP contribution < -0.4 is 0 Å². The van der Waals surface area contributed by atoms with Crippen LogP contribution in [0.1, 0.15) is 40.5 Å². The molecule has 2 aromatic heterocycles. The van der Waals surface area contributed by atoms with Gasteiger partial charge in [0.1, 0.15) is 0 Å². The molecule has 128 valence electrons. The Hall–Kier alpha value is -2.89. The van der Waals surface area contributed by atoms with Gasteiger partial charge in [-0.2, -0.15) is 5.10 Å². The highest BCUT2D eigenvalue weighted by Crippen LogP contribution is 2.27. The van der Waals surface area contributed by atoms with Crippen molar-refractivity contribution >= 4 is 5.91 Å². The topological polar surface area (TPSA) is 77.7 Å². The molecule has 1 aliphatic rings. The fraction of sp³-hybridized carbons (Fsp3) is 0.316. The zero-order valence-corrected chi connectivity index (χ0v) is 14.2. The van der Waals surface area contributed by atoms with Gasteiger partial charge in [0.25, 0.3) is 5.91 Å². The van der Waals surface area contributed by atoms with Gasteiger partial charge in [0.15, 0.2) is 0 Å². The van der Waals surface area contributed by atoms with Gasteiger partial charge in [0.05, 0.1) is 23.9 Å².